The maximum atomic E-state index is 11.5. The lowest BCUT2D eigenvalue weighted by atomic mass is 10.1. The van der Waals surface area contributed by atoms with Gasteiger partial charge in [0.1, 0.15) is 18.1 Å². The molecule has 23 heavy (non-hydrogen) atoms. The summed E-state index contributed by atoms with van der Waals surface area (Å²) >= 11 is 0. The van der Waals surface area contributed by atoms with Crippen LogP contribution in [0.3, 0.4) is 0 Å². The zero-order valence-electron chi connectivity index (χ0n) is 13.4. The highest BCUT2D eigenvalue weighted by molar-refractivity contribution is 5.88. The van der Waals surface area contributed by atoms with Gasteiger partial charge >= 0.3 is 5.97 Å². The number of allylic oxidation sites excluding steroid dienone is 1. The molecule has 0 amide bonds. The Balaban J connectivity index is 2.04. The van der Waals surface area contributed by atoms with E-state index in [0.717, 1.165) is 16.9 Å². The summed E-state index contributed by atoms with van der Waals surface area (Å²) in [5.74, 6) is 0.923. The van der Waals surface area contributed by atoms with Crippen molar-refractivity contribution in [3.05, 3.63) is 72.8 Å². The Morgan fingerprint density at radius 3 is 2.00 bits per heavy atom. The van der Waals surface area contributed by atoms with Crippen LogP contribution in [0.5, 0.6) is 11.5 Å². The van der Waals surface area contributed by atoms with Gasteiger partial charge in [0, 0.05) is 5.57 Å². The van der Waals surface area contributed by atoms with Gasteiger partial charge in [0.2, 0.25) is 0 Å². The predicted molar refractivity (Wildman–Crippen MR) is 92.6 cm³/mol. The molecule has 0 heterocycles. The molecule has 0 unspecified atom stereocenters. The number of rotatable bonds is 6. The molecule has 0 fully saturated rings. The minimum absolute atomic E-state index is 0.377. The van der Waals surface area contributed by atoms with Crippen molar-refractivity contribution in [3.63, 3.8) is 0 Å². The molecule has 2 aromatic carbocycles. The highest BCUT2D eigenvalue weighted by Crippen LogP contribution is 2.25. The summed E-state index contributed by atoms with van der Waals surface area (Å²) < 4.78 is 10.7. The third kappa shape index (κ3) is 4.85. The maximum absolute atomic E-state index is 11.5. The van der Waals surface area contributed by atoms with Crippen LogP contribution in [0.4, 0.5) is 0 Å². The Morgan fingerprint density at radius 2 is 1.52 bits per heavy atom. The quantitative estimate of drug-likeness (QED) is 0.333. The lowest BCUT2D eigenvalue weighted by molar-refractivity contribution is -0.130. The summed E-state index contributed by atoms with van der Waals surface area (Å²) in [4.78, 5) is 11.5. The topological polar surface area (TPSA) is 35.5 Å². The molecule has 0 aliphatic heterocycles. The minimum atomic E-state index is -0.416. The zero-order chi connectivity index (χ0) is 16.7. The van der Waals surface area contributed by atoms with Crippen molar-refractivity contribution in [2.75, 3.05) is 6.61 Å². The van der Waals surface area contributed by atoms with E-state index >= 15 is 0 Å². The standard InChI is InChI=1S/C20H20O3/c1-4-5-14-22-18-10-6-16(7-11-18)17-8-12-19(13-9-17)23-20(21)15(2)3/h4-13H,2,14H2,1,3H3/b5-4+. The normalized spacial score (nSPS) is 10.5. The number of ether oxygens (including phenoxy) is 2. The Bertz CT molecular complexity index is 695. The average molecular weight is 308 g/mol. The molecule has 0 bridgehead atoms. The molecule has 0 aliphatic rings. The second kappa shape index (κ2) is 7.99. The van der Waals surface area contributed by atoms with Crippen LogP contribution in [0.1, 0.15) is 13.8 Å². The van der Waals surface area contributed by atoms with E-state index in [9.17, 15) is 4.79 Å². The molecule has 3 heteroatoms. The molecular weight excluding hydrogens is 288 g/mol. The van der Waals surface area contributed by atoms with E-state index in [1.54, 1.807) is 19.1 Å². The van der Waals surface area contributed by atoms with E-state index in [1.807, 2.05) is 55.5 Å². The molecule has 0 aromatic heterocycles. The summed E-state index contributed by atoms with van der Waals surface area (Å²) in [6.07, 6.45) is 3.91. The van der Waals surface area contributed by atoms with Gasteiger partial charge in [-0.15, -0.1) is 0 Å². The number of benzene rings is 2. The summed E-state index contributed by atoms with van der Waals surface area (Å²) in [7, 11) is 0. The van der Waals surface area contributed by atoms with E-state index in [4.69, 9.17) is 9.47 Å². The fourth-order valence-electron chi connectivity index (χ4n) is 1.89. The van der Waals surface area contributed by atoms with Gasteiger partial charge in [-0.3, -0.25) is 0 Å². The highest BCUT2D eigenvalue weighted by atomic mass is 16.5. The minimum Gasteiger partial charge on any atom is -0.490 e. The average Bonchev–Trinajstić information content (AvgIpc) is 2.56. The van der Waals surface area contributed by atoms with Gasteiger partial charge in [0.15, 0.2) is 0 Å². The summed E-state index contributed by atoms with van der Waals surface area (Å²) in [6.45, 7) is 7.71. The van der Waals surface area contributed by atoms with Crippen molar-refractivity contribution in [1.82, 2.24) is 0 Å². The second-order valence-corrected chi connectivity index (χ2v) is 5.10. The van der Waals surface area contributed by atoms with Crippen molar-refractivity contribution in [3.8, 4) is 22.6 Å². The van der Waals surface area contributed by atoms with Gasteiger partial charge < -0.3 is 9.47 Å². The monoisotopic (exact) mass is 308 g/mol. The summed E-state index contributed by atoms with van der Waals surface area (Å²) in [5.41, 5.74) is 2.49. The molecule has 0 N–H and O–H groups in total. The maximum Gasteiger partial charge on any atom is 0.338 e. The summed E-state index contributed by atoms with van der Waals surface area (Å²) in [6, 6.07) is 15.2. The van der Waals surface area contributed by atoms with Crippen molar-refractivity contribution in [2.24, 2.45) is 0 Å². The van der Waals surface area contributed by atoms with Crippen molar-refractivity contribution < 1.29 is 14.3 Å². The van der Waals surface area contributed by atoms with Crippen LogP contribution in [0.15, 0.2) is 72.8 Å². The van der Waals surface area contributed by atoms with E-state index in [2.05, 4.69) is 6.58 Å². The van der Waals surface area contributed by atoms with E-state index in [1.165, 1.54) is 0 Å². The first-order valence-corrected chi connectivity index (χ1v) is 7.42. The first-order chi connectivity index (χ1) is 11.1. The van der Waals surface area contributed by atoms with Crippen LogP contribution in [-0.2, 0) is 4.79 Å². The van der Waals surface area contributed by atoms with Gasteiger partial charge in [-0.25, -0.2) is 4.79 Å². The number of carbonyl (C=O) groups is 1. The molecule has 0 saturated heterocycles. The van der Waals surface area contributed by atoms with Crippen LogP contribution in [0.2, 0.25) is 0 Å². The molecule has 3 nitrogen and oxygen atoms in total. The number of hydrogen-bond acceptors (Lipinski definition) is 3. The predicted octanol–water partition coefficient (Wildman–Crippen LogP) is 4.79. The van der Waals surface area contributed by atoms with Crippen molar-refractivity contribution >= 4 is 5.97 Å². The molecule has 0 spiro atoms. The van der Waals surface area contributed by atoms with E-state index in [-0.39, 0.29) is 0 Å². The first-order valence-electron chi connectivity index (χ1n) is 7.42. The molecule has 0 atom stereocenters. The van der Waals surface area contributed by atoms with Crippen LogP contribution < -0.4 is 9.47 Å². The van der Waals surface area contributed by atoms with Crippen LogP contribution >= 0.6 is 0 Å². The Labute approximate surface area is 136 Å². The Hall–Kier alpha value is -2.81. The van der Waals surface area contributed by atoms with Gasteiger partial charge in [0.05, 0.1) is 0 Å². The highest BCUT2D eigenvalue weighted by Gasteiger charge is 2.05. The van der Waals surface area contributed by atoms with Crippen LogP contribution in [0, 0.1) is 0 Å². The molecule has 0 saturated carbocycles. The van der Waals surface area contributed by atoms with Crippen molar-refractivity contribution in [2.45, 2.75) is 13.8 Å². The first kappa shape index (κ1) is 16.6. The van der Waals surface area contributed by atoms with Crippen LogP contribution in [-0.4, -0.2) is 12.6 Å². The van der Waals surface area contributed by atoms with Crippen molar-refractivity contribution in [1.29, 1.82) is 0 Å². The number of hydrogen-bond donors (Lipinski definition) is 0. The largest absolute Gasteiger partial charge is 0.490 e. The molecule has 0 radical (unpaired) electrons. The molecule has 118 valence electrons. The number of carbonyl (C=O) groups excluding carboxylic acids is 1. The summed E-state index contributed by atoms with van der Waals surface area (Å²) in [5, 5.41) is 0. The third-order valence-electron chi connectivity index (χ3n) is 3.18. The second-order valence-electron chi connectivity index (χ2n) is 5.10. The fourth-order valence-corrected chi connectivity index (χ4v) is 1.89. The molecular formula is C20H20O3. The van der Waals surface area contributed by atoms with Crippen LogP contribution in [0.25, 0.3) is 11.1 Å². The lowest BCUT2D eigenvalue weighted by Crippen LogP contribution is -2.07. The van der Waals surface area contributed by atoms with Gasteiger partial charge in [-0.1, -0.05) is 43.0 Å². The fraction of sp³-hybridized carbons (Fsp3) is 0.150. The number of esters is 1. The van der Waals surface area contributed by atoms with Gasteiger partial charge in [-0.05, 0) is 49.2 Å². The lowest BCUT2D eigenvalue weighted by Gasteiger charge is -2.07. The SMILES string of the molecule is C=C(C)C(=O)Oc1ccc(-c2ccc(OC/C=C/C)cc2)cc1. The molecule has 2 aromatic rings. The van der Waals surface area contributed by atoms with E-state index < -0.39 is 5.97 Å². The smallest absolute Gasteiger partial charge is 0.338 e. The Morgan fingerprint density at radius 1 is 1.00 bits per heavy atom. The van der Waals surface area contributed by atoms with Gasteiger partial charge in [0.25, 0.3) is 0 Å². The molecule has 2 rings (SSSR count). The molecule has 0 aliphatic carbocycles. The Kier molecular flexibility index (Phi) is 5.75. The third-order valence-corrected chi connectivity index (χ3v) is 3.18. The van der Waals surface area contributed by atoms with Gasteiger partial charge in [-0.2, -0.15) is 0 Å². The van der Waals surface area contributed by atoms with E-state index in [0.29, 0.717) is 17.9 Å². The zero-order valence-corrected chi connectivity index (χ0v) is 13.4.